The molecule has 0 fully saturated rings. The van der Waals surface area contributed by atoms with Crippen LogP contribution in [0.2, 0.25) is 0 Å². The second-order valence-corrected chi connectivity index (χ2v) is 7.36. The van der Waals surface area contributed by atoms with Gasteiger partial charge in [-0.15, -0.1) is 0 Å². The zero-order valence-electron chi connectivity index (χ0n) is 16.6. The monoisotopic (exact) mass is 446 g/mol. The number of aliphatic hydroxyl groups is 1. The predicted molar refractivity (Wildman–Crippen MR) is 110 cm³/mol. The van der Waals surface area contributed by atoms with E-state index in [1.807, 2.05) is 42.5 Å². The van der Waals surface area contributed by atoms with Gasteiger partial charge in [-0.1, -0.05) is 42.5 Å². The van der Waals surface area contributed by atoms with Crippen LogP contribution in [0.5, 0.6) is 5.75 Å². The molecule has 32 heavy (non-hydrogen) atoms. The Morgan fingerprint density at radius 2 is 1.72 bits per heavy atom. The van der Waals surface area contributed by atoms with Crippen LogP contribution in [0.3, 0.4) is 0 Å². The van der Waals surface area contributed by atoms with E-state index in [4.69, 9.17) is 4.74 Å². The summed E-state index contributed by atoms with van der Waals surface area (Å²) in [5.41, 5.74) is -3.47. The summed E-state index contributed by atoms with van der Waals surface area (Å²) in [5, 5.41) is 15.5. The number of carbonyl (C=O) groups excluding carboxylic acids is 1. The van der Waals surface area contributed by atoms with Crippen LogP contribution in [0, 0.1) is 0 Å². The Balaban J connectivity index is 1.47. The first-order chi connectivity index (χ1) is 15.3. The molecule has 5 nitrogen and oxygen atoms in total. The molecule has 0 saturated carbocycles. The van der Waals surface area contributed by atoms with E-state index in [9.17, 15) is 27.5 Å². The van der Waals surface area contributed by atoms with Crippen molar-refractivity contribution in [2.24, 2.45) is 5.10 Å². The predicted octanol–water partition coefficient (Wildman–Crippen LogP) is 4.84. The Bertz CT molecular complexity index is 1170. The first kappa shape index (κ1) is 21.8. The minimum atomic E-state index is -3.47. The van der Waals surface area contributed by atoms with E-state index < -0.39 is 36.6 Å². The maximum absolute atomic E-state index is 13.3. The van der Waals surface area contributed by atoms with E-state index in [1.165, 1.54) is 12.1 Å². The molecule has 0 radical (unpaired) electrons. The van der Waals surface area contributed by atoms with Crippen molar-refractivity contribution in [2.45, 2.75) is 31.6 Å². The summed E-state index contributed by atoms with van der Waals surface area (Å²) in [6, 6.07) is 19.2. The van der Waals surface area contributed by atoms with Gasteiger partial charge in [0.1, 0.15) is 18.1 Å². The van der Waals surface area contributed by atoms with Gasteiger partial charge in [0.15, 0.2) is 0 Å². The third kappa shape index (κ3) is 4.16. The number of amides is 1. The third-order valence-corrected chi connectivity index (χ3v) is 5.16. The molecule has 1 amide bonds. The first-order valence-electron chi connectivity index (χ1n) is 9.69. The average molecular weight is 446 g/mol. The van der Waals surface area contributed by atoms with Crippen molar-refractivity contribution in [1.82, 2.24) is 5.01 Å². The van der Waals surface area contributed by atoms with Gasteiger partial charge < -0.3 is 9.84 Å². The lowest BCUT2D eigenvalue weighted by molar-refractivity contribution is -0.164. The molecule has 0 aliphatic carbocycles. The summed E-state index contributed by atoms with van der Waals surface area (Å²) in [6.07, 6.45) is -7.75. The van der Waals surface area contributed by atoms with Gasteiger partial charge in [0.25, 0.3) is 18.8 Å². The lowest BCUT2D eigenvalue weighted by atomic mass is 10.1. The minimum Gasteiger partial charge on any atom is -0.489 e. The molecule has 4 rings (SSSR count). The fourth-order valence-electron chi connectivity index (χ4n) is 3.39. The van der Waals surface area contributed by atoms with Crippen LogP contribution in [-0.2, 0) is 6.61 Å². The SMILES string of the molecule is O=C(c1ccc(COc2ccc3ccccc3c2)cc1)N1N=C(C(F)F)CC1(O)C(F)F. The van der Waals surface area contributed by atoms with Crippen LogP contribution in [0.15, 0.2) is 71.8 Å². The number of hydrogen-bond donors (Lipinski definition) is 1. The molecule has 1 aliphatic heterocycles. The summed E-state index contributed by atoms with van der Waals surface area (Å²) in [4.78, 5) is 12.6. The Morgan fingerprint density at radius 1 is 1.03 bits per heavy atom. The molecule has 0 aromatic heterocycles. The maximum atomic E-state index is 13.3. The molecule has 166 valence electrons. The molecule has 9 heteroatoms. The summed E-state index contributed by atoms with van der Waals surface area (Å²) in [6.45, 7) is 0.186. The summed E-state index contributed by atoms with van der Waals surface area (Å²) < 4.78 is 58.3. The smallest absolute Gasteiger partial charge is 0.287 e. The first-order valence-corrected chi connectivity index (χ1v) is 9.69. The zero-order chi connectivity index (χ0) is 22.9. The molecule has 1 heterocycles. The number of nitrogens with zero attached hydrogens (tertiary/aromatic N) is 2. The van der Waals surface area contributed by atoms with Gasteiger partial charge in [0.2, 0.25) is 5.72 Å². The van der Waals surface area contributed by atoms with Crippen LogP contribution in [0.1, 0.15) is 22.3 Å². The Hall–Kier alpha value is -3.46. The number of carbonyl (C=O) groups is 1. The van der Waals surface area contributed by atoms with Gasteiger partial charge in [0.05, 0.1) is 0 Å². The number of alkyl halides is 4. The van der Waals surface area contributed by atoms with E-state index in [-0.39, 0.29) is 17.2 Å². The molecule has 1 N–H and O–H groups in total. The highest BCUT2D eigenvalue weighted by Crippen LogP contribution is 2.34. The van der Waals surface area contributed by atoms with Gasteiger partial charge in [-0.3, -0.25) is 4.79 Å². The van der Waals surface area contributed by atoms with Crippen molar-refractivity contribution in [3.05, 3.63) is 77.9 Å². The summed E-state index contributed by atoms with van der Waals surface area (Å²) >= 11 is 0. The quantitative estimate of drug-likeness (QED) is 0.552. The molecule has 1 unspecified atom stereocenters. The molecule has 3 aromatic carbocycles. The average Bonchev–Trinajstić information content (AvgIpc) is 3.17. The standard InChI is InChI=1S/C23H18F4N2O3/c24-20(25)19-12-23(31,22(26)27)29(28-19)21(30)16-7-5-14(6-8-16)13-32-18-10-9-15-3-1-2-4-17(15)11-18/h1-11,20,22,31H,12-13H2. The summed E-state index contributed by atoms with van der Waals surface area (Å²) in [7, 11) is 0. The van der Waals surface area contributed by atoms with E-state index in [0.29, 0.717) is 11.3 Å². The van der Waals surface area contributed by atoms with E-state index in [0.717, 1.165) is 10.8 Å². The molecule has 1 aliphatic rings. The lowest BCUT2D eigenvalue weighted by Gasteiger charge is -2.30. The van der Waals surface area contributed by atoms with Gasteiger partial charge in [-0.2, -0.15) is 10.1 Å². The number of fused-ring (bicyclic) bond motifs is 1. The van der Waals surface area contributed by atoms with Crippen molar-refractivity contribution in [3.8, 4) is 5.75 Å². The highest BCUT2D eigenvalue weighted by atomic mass is 19.3. The van der Waals surface area contributed by atoms with Crippen LogP contribution in [0.25, 0.3) is 10.8 Å². The Labute approximate surface area is 180 Å². The second-order valence-electron chi connectivity index (χ2n) is 7.36. The molecular weight excluding hydrogens is 428 g/mol. The lowest BCUT2D eigenvalue weighted by Crippen LogP contribution is -2.51. The summed E-state index contributed by atoms with van der Waals surface area (Å²) in [5.74, 6) is -0.456. The van der Waals surface area contributed by atoms with Gasteiger partial charge in [-0.25, -0.2) is 17.6 Å². The topological polar surface area (TPSA) is 62.1 Å². The number of benzene rings is 3. The second kappa shape index (κ2) is 8.58. The fourth-order valence-corrected chi connectivity index (χ4v) is 3.39. The normalized spacial score (nSPS) is 18.5. The Kier molecular flexibility index (Phi) is 5.84. The Morgan fingerprint density at radius 3 is 2.38 bits per heavy atom. The van der Waals surface area contributed by atoms with E-state index in [2.05, 4.69) is 5.10 Å². The van der Waals surface area contributed by atoms with E-state index >= 15 is 0 Å². The molecular formula is C23H18F4N2O3. The van der Waals surface area contributed by atoms with Crippen LogP contribution in [-0.4, -0.2) is 40.3 Å². The zero-order valence-corrected chi connectivity index (χ0v) is 16.6. The maximum Gasteiger partial charge on any atom is 0.287 e. The van der Waals surface area contributed by atoms with Gasteiger partial charge in [0, 0.05) is 12.0 Å². The number of halogens is 4. The highest BCUT2D eigenvalue weighted by molar-refractivity contribution is 5.99. The van der Waals surface area contributed by atoms with Crippen molar-refractivity contribution < 1.29 is 32.2 Å². The van der Waals surface area contributed by atoms with Crippen molar-refractivity contribution in [2.75, 3.05) is 0 Å². The number of hydrogen-bond acceptors (Lipinski definition) is 4. The molecule has 3 aromatic rings. The number of ether oxygens (including phenoxy) is 1. The number of hydrazone groups is 1. The van der Waals surface area contributed by atoms with Gasteiger partial charge >= 0.3 is 0 Å². The van der Waals surface area contributed by atoms with E-state index in [1.54, 1.807) is 12.1 Å². The molecule has 1 atom stereocenters. The number of rotatable bonds is 6. The van der Waals surface area contributed by atoms with Crippen LogP contribution < -0.4 is 4.74 Å². The van der Waals surface area contributed by atoms with Crippen molar-refractivity contribution in [3.63, 3.8) is 0 Å². The molecule has 0 bridgehead atoms. The minimum absolute atomic E-state index is 0.0414. The molecule has 0 spiro atoms. The molecule has 0 saturated heterocycles. The van der Waals surface area contributed by atoms with Crippen molar-refractivity contribution >= 4 is 22.4 Å². The third-order valence-electron chi connectivity index (χ3n) is 5.16. The van der Waals surface area contributed by atoms with Crippen LogP contribution >= 0.6 is 0 Å². The largest absolute Gasteiger partial charge is 0.489 e. The van der Waals surface area contributed by atoms with Crippen LogP contribution in [0.4, 0.5) is 17.6 Å². The highest BCUT2D eigenvalue weighted by Gasteiger charge is 2.53. The fraction of sp³-hybridized carbons (Fsp3) is 0.217. The van der Waals surface area contributed by atoms with Gasteiger partial charge in [-0.05, 0) is 40.6 Å². The van der Waals surface area contributed by atoms with Crippen molar-refractivity contribution in [1.29, 1.82) is 0 Å².